The molecular formula is C30H48O5. The molecule has 8 fully saturated rings. The van der Waals surface area contributed by atoms with Crippen LogP contribution in [0.4, 0.5) is 0 Å². The van der Waals surface area contributed by atoms with Crippen LogP contribution in [0.3, 0.4) is 0 Å². The minimum absolute atomic E-state index is 0.0783. The lowest BCUT2D eigenvalue weighted by Crippen LogP contribution is -2.76. The molecule has 3 heterocycles. The molecule has 0 aromatic heterocycles. The maximum absolute atomic E-state index is 14.2. The number of ether oxygens (including phenoxy) is 1. The van der Waals surface area contributed by atoms with E-state index in [9.17, 15) is 20.1 Å². The molecule has 0 aromatic rings. The van der Waals surface area contributed by atoms with E-state index in [0.29, 0.717) is 12.3 Å². The molecule has 5 saturated carbocycles. The predicted octanol–water partition coefficient (Wildman–Crippen LogP) is 4.85. The molecule has 3 aliphatic heterocycles. The molecule has 5 aliphatic carbocycles. The summed E-state index contributed by atoms with van der Waals surface area (Å²) in [4.78, 5) is 14.2. The molecule has 5 nitrogen and oxygen atoms in total. The number of carbonyl (C=O) groups is 1. The highest BCUT2D eigenvalue weighted by molar-refractivity contribution is 5.78. The molecule has 35 heavy (non-hydrogen) atoms. The summed E-state index contributed by atoms with van der Waals surface area (Å²) in [5.74, 6) is 0.272. The quantitative estimate of drug-likeness (QED) is 0.424. The lowest BCUT2D eigenvalue weighted by Gasteiger charge is -2.76. The average molecular weight is 489 g/mol. The maximum Gasteiger partial charge on any atom is 0.312 e. The molecule has 1 spiro atoms. The molecule has 5 heteroatoms. The van der Waals surface area contributed by atoms with Gasteiger partial charge in [-0.2, -0.15) is 0 Å². The summed E-state index contributed by atoms with van der Waals surface area (Å²) in [6, 6.07) is 0. The zero-order valence-electron chi connectivity index (χ0n) is 22.8. The highest BCUT2D eigenvalue weighted by atomic mass is 16.5. The molecule has 0 amide bonds. The van der Waals surface area contributed by atoms with Gasteiger partial charge in [-0.25, -0.2) is 0 Å². The van der Waals surface area contributed by atoms with Gasteiger partial charge >= 0.3 is 5.97 Å². The fourth-order valence-electron chi connectivity index (χ4n) is 11.9. The van der Waals surface area contributed by atoms with Crippen molar-refractivity contribution in [1.29, 1.82) is 0 Å². The summed E-state index contributed by atoms with van der Waals surface area (Å²) >= 11 is 0. The summed E-state index contributed by atoms with van der Waals surface area (Å²) in [5.41, 5.74) is -2.67. The van der Waals surface area contributed by atoms with Gasteiger partial charge in [0.2, 0.25) is 0 Å². The van der Waals surface area contributed by atoms with E-state index in [2.05, 4.69) is 41.5 Å². The number of hydrogen-bond donors (Lipinski definition) is 3. The molecule has 5 unspecified atom stereocenters. The second-order valence-electron chi connectivity index (χ2n) is 15.7. The first-order valence-electron chi connectivity index (χ1n) is 14.4. The van der Waals surface area contributed by atoms with Gasteiger partial charge in [-0.15, -0.1) is 0 Å². The fraction of sp³-hybridized carbons (Fsp3) is 0.967. The van der Waals surface area contributed by atoms with E-state index in [1.807, 2.05) is 0 Å². The van der Waals surface area contributed by atoms with E-state index in [1.54, 1.807) is 0 Å². The predicted molar refractivity (Wildman–Crippen MR) is 133 cm³/mol. The van der Waals surface area contributed by atoms with Crippen LogP contribution in [0.25, 0.3) is 0 Å². The van der Waals surface area contributed by atoms with E-state index >= 15 is 0 Å². The van der Waals surface area contributed by atoms with E-state index in [-0.39, 0.29) is 46.1 Å². The van der Waals surface area contributed by atoms with Crippen LogP contribution < -0.4 is 0 Å². The molecule has 3 saturated heterocycles. The molecule has 8 bridgehead atoms. The van der Waals surface area contributed by atoms with Crippen molar-refractivity contribution in [3.8, 4) is 0 Å². The van der Waals surface area contributed by atoms with Gasteiger partial charge in [0, 0.05) is 16.7 Å². The summed E-state index contributed by atoms with van der Waals surface area (Å²) in [6.45, 7) is 13.9. The first-order chi connectivity index (χ1) is 16.1. The summed E-state index contributed by atoms with van der Waals surface area (Å²) in [7, 11) is 0. The number of aliphatic hydroxyl groups is 3. The fourth-order valence-corrected chi connectivity index (χ4v) is 11.9. The third-order valence-electron chi connectivity index (χ3n) is 14.1. The topological polar surface area (TPSA) is 87.0 Å². The van der Waals surface area contributed by atoms with Gasteiger partial charge in [0.25, 0.3) is 0 Å². The van der Waals surface area contributed by atoms with Gasteiger partial charge in [0.05, 0.1) is 29.8 Å². The van der Waals surface area contributed by atoms with Crippen molar-refractivity contribution < 1.29 is 24.9 Å². The van der Waals surface area contributed by atoms with Crippen molar-refractivity contribution in [3.63, 3.8) is 0 Å². The van der Waals surface area contributed by atoms with Crippen LogP contribution >= 0.6 is 0 Å². The van der Waals surface area contributed by atoms with E-state index in [1.165, 1.54) is 0 Å². The first-order valence-corrected chi connectivity index (χ1v) is 14.4. The second-order valence-corrected chi connectivity index (χ2v) is 15.7. The van der Waals surface area contributed by atoms with Gasteiger partial charge in [-0.05, 0) is 92.3 Å². The van der Waals surface area contributed by atoms with Gasteiger partial charge in [-0.3, -0.25) is 4.79 Å². The Morgan fingerprint density at radius 1 is 0.771 bits per heavy atom. The molecule has 8 rings (SSSR count). The molecular weight excluding hydrogens is 440 g/mol. The summed E-state index contributed by atoms with van der Waals surface area (Å²) in [6.07, 6.45) is 6.70. The average Bonchev–Trinajstić information content (AvgIpc) is 2.77. The Balaban J connectivity index is 1.59. The van der Waals surface area contributed by atoms with Crippen LogP contribution in [0, 0.1) is 50.2 Å². The van der Waals surface area contributed by atoms with Crippen molar-refractivity contribution in [1.82, 2.24) is 0 Å². The zero-order chi connectivity index (χ0) is 25.4. The third kappa shape index (κ3) is 2.64. The molecule has 8 aliphatic rings. The minimum atomic E-state index is -0.897. The second kappa shape index (κ2) is 6.86. The third-order valence-corrected chi connectivity index (χ3v) is 14.1. The molecule has 0 radical (unpaired) electrons. The van der Waals surface area contributed by atoms with Gasteiger partial charge in [0.15, 0.2) is 0 Å². The van der Waals surface area contributed by atoms with Crippen molar-refractivity contribution in [3.05, 3.63) is 0 Å². The standard InChI is InChI=1S/C30H48O5/c1-24(2)11-13-29-14-12-28(6)27(5)9-7-19-25(3,20(27)8-10-30(28,34)21(29)16-24)15-18(31)22(32)26(19,4)17-35-23(29)33/h18-22,31-32,34H,7-17H2,1-6H3/t18-,19?,20-,21?,22+,25+,26?,27-,28+,29?,30?/m1/s1. The van der Waals surface area contributed by atoms with Crippen molar-refractivity contribution in [2.45, 2.75) is 124 Å². The molecule has 3 N–H and O–H groups in total. The van der Waals surface area contributed by atoms with Gasteiger partial charge in [-0.1, -0.05) is 41.5 Å². The van der Waals surface area contributed by atoms with Crippen LogP contribution in [0.15, 0.2) is 0 Å². The lowest BCUT2D eigenvalue weighted by molar-refractivity contribution is -0.327. The van der Waals surface area contributed by atoms with Crippen LogP contribution in [-0.2, 0) is 9.53 Å². The highest BCUT2D eigenvalue weighted by Gasteiger charge is 2.77. The number of hydrogen-bond acceptors (Lipinski definition) is 5. The Morgan fingerprint density at radius 3 is 2.14 bits per heavy atom. The summed E-state index contributed by atoms with van der Waals surface area (Å²) < 4.78 is 6.26. The number of fused-ring (bicyclic) bond motifs is 2. The number of aliphatic hydroxyl groups excluding tert-OH is 2. The zero-order valence-corrected chi connectivity index (χ0v) is 22.8. The van der Waals surface area contributed by atoms with E-state index in [4.69, 9.17) is 4.74 Å². The van der Waals surface area contributed by atoms with Crippen LogP contribution in [0.1, 0.15) is 106 Å². The van der Waals surface area contributed by atoms with E-state index in [0.717, 1.165) is 57.8 Å². The monoisotopic (exact) mass is 488 g/mol. The van der Waals surface area contributed by atoms with E-state index < -0.39 is 28.6 Å². The summed E-state index contributed by atoms with van der Waals surface area (Å²) in [5, 5.41) is 35.5. The number of rotatable bonds is 0. The Hall–Kier alpha value is -0.650. The lowest BCUT2D eigenvalue weighted by atomic mass is 9.30. The Labute approximate surface area is 211 Å². The Morgan fingerprint density at radius 2 is 1.43 bits per heavy atom. The van der Waals surface area contributed by atoms with Crippen molar-refractivity contribution in [2.24, 2.45) is 50.2 Å². The largest absolute Gasteiger partial charge is 0.465 e. The van der Waals surface area contributed by atoms with Crippen LogP contribution in [-0.4, -0.2) is 45.7 Å². The number of carbonyl (C=O) groups excluding carboxylic acids is 1. The van der Waals surface area contributed by atoms with Crippen LogP contribution in [0.2, 0.25) is 0 Å². The molecule has 0 aromatic carbocycles. The Bertz CT molecular complexity index is 947. The van der Waals surface area contributed by atoms with Crippen molar-refractivity contribution in [2.75, 3.05) is 6.61 Å². The van der Waals surface area contributed by atoms with Crippen LogP contribution in [0.5, 0.6) is 0 Å². The molecule has 198 valence electrons. The molecule has 11 atom stereocenters. The maximum atomic E-state index is 14.2. The first kappa shape index (κ1) is 24.7. The smallest absolute Gasteiger partial charge is 0.312 e. The highest BCUT2D eigenvalue weighted by Crippen LogP contribution is 2.78. The normalized spacial score (nSPS) is 60.9. The Kier molecular flexibility index (Phi) is 4.83. The van der Waals surface area contributed by atoms with Gasteiger partial charge < -0.3 is 20.1 Å². The SMILES string of the molecule is CC1(C)CCC23CC[C@]4(C)C(O)(CC[C@@H]5[C@@]6(C)C[C@@H](O)[C@H](O)C(C)(COC2=O)C6CC[C@]54C)C3C1. The number of esters is 1. The van der Waals surface area contributed by atoms with Gasteiger partial charge in [0.1, 0.15) is 0 Å². The van der Waals surface area contributed by atoms with Crippen molar-refractivity contribution >= 4 is 5.97 Å². The minimum Gasteiger partial charge on any atom is -0.465 e.